The Morgan fingerprint density at radius 1 is 1.07 bits per heavy atom. The zero-order valence-electron chi connectivity index (χ0n) is 16.8. The van der Waals surface area contributed by atoms with Crippen molar-refractivity contribution in [1.29, 1.82) is 0 Å². The van der Waals surface area contributed by atoms with Crippen molar-refractivity contribution in [1.82, 2.24) is 5.32 Å². The molecule has 0 saturated carbocycles. The van der Waals surface area contributed by atoms with Crippen molar-refractivity contribution < 1.29 is 23.7 Å². The third-order valence-electron chi connectivity index (χ3n) is 4.52. The maximum Gasteiger partial charge on any atom is 0.255 e. The van der Waals surface area contributed by atoms with Crippen LogP contribution in [0.4, 0.5) is 0 Å². The van der Waals surface area contributed by atoms with E-state index >= 15 is 0 Å². The van der Waals surface area contributed by atoms with Gasteiger partial charge in [-0.1, -0.05) is 26.0 Å². The summed E-state index contributed by atoms with van der Waals surface area (Å²) in [6.07, 6.45) is 0. The Labute approximate surface area is 165 Å². The first kappa shape index (κ1) is 19.9. The molecule has 0 bridgehead atoms. The number of hydrogen-bond acceptors (Lipinski definition) is 5. The Hall–Kier alpha value is -2.89. The van der Waals surface area contributed by atoms with Crippen molar-refractivity contribution in [2.75, 3.05) is 20.0 Å². The van der Waals surface area contributed by atoms with Crippen molar-refractivity contribution in [3.05, 3.63) is 47.5 Å². The predicted molar refractivity (Wildman–Crippen MR) is 106 cm³/mol. The van der Waals surface area contributed by atoms with E-state index in [0.29, 0.717) is 41.8 Å². The first-order valence-corrected chi connectivity index (χ1v) is 9.64. The van der Waals surface area contributed by atoms with Crippen LogP contribution >= 0.6 is 0 Å². The van der Waals surface area contributed by atoms with E-state index in [9.17, 15) is 4.79 Å². The molecule has 0 aliphatic carbocycles. The van der Waals surface area contributed by atoms with Gasteiger partial charge in [0.15, 0.2) is 23.0 Å². The van der Waals surface area contributed by atoms with E-state index in [1.807, 2.05) is 32.0 Å². The molecule has 0 radical (unpaired) electrons. The number of benzene rings is 2. The summed E-state index contributed by atoms with van der Waals surface area (Å²) in [7, 11) is 0. The quantitative estimate of drug-likeness (QED) is 0.732. The standard InChI is InChI=1S/C22H27NO5/c1-5-25-17-11-10-15(12-19(17)26-6-2)20(14(3)4)23-22(24)16-8-7-9-18-21(16)28-13-27-18/h7-12,14,20H,5-6,13H2,1-4H3,(H,23,24). The lowest BCUT2D eigenvalue weighted by Crippen LogP contribution is -2.32. The highest BCUT2D eigenvalue weighted by atomic mass is 16.7. The van der Waals surface area contributed by atoms with Gasteiger partial charge in [-0.3, -0.25) is 4.79 Å². The van der Waals surface area contributed by atoms with Crippen molar-refractivity contribution in [3.63, 3.8) is 0 Å². The first-order valence-electron chi connectivity index (χ1n) is 9.64. The summed E-state index contributed by atoms with van der Waals surface area (Å²) in [4.78, 5) is 13.0. The topological polar surface area (TPSA) is 66.0 Å². The fraction of sp³-hybridized carbons (Fsp3) is 0.409. The zero-order valence-corrected chi connectivity index (χ0v) is 16.8. The molecule has 1 unspecified atom stereocenters. The summed E-state index contributed by atoms with van der Waals surface area (Å²) < 4.78 is 22.2. The number of hydrogen-bond donors (Lipinski definition) is 1. The van der Waals surface area contributed by atoms with Crippen LogP contribution < -0.4 is 24.3 Å². The molecular formula is C22H27NO5. The van der Waals surface area contributed by atoms with Crippen LogP contribution in [-0.4, -0.2) is 25.9 Å². The summed E-state index contributed by atoms with van der Waals surface area (Å²) in [5.41, 5.74) is 1.43. The van der Waals surface area contributed by atoms with Crippen LogP contribution in [0.1, 0.15) is 49.7 Å². The molecule has 1 amide bonds. The fourth-order valence-corrected chi connectivity index (χ4v) is 3.22. The van der Waals surface area contributed by atoms with Gasteiger partial charge in [0.05, 0.1) is 24.8 Å². The minimum Gasteiger partial charge on any atom is -0.490 e. The van der Waals surface area contributed by atoms with Gasteiger partial charge in [-0.05, 0) is 49.6 Å². The number of amides is 1. The average molecular weight is 385 g/mol. The molecule has 0 spiro atoms. The van der Waals surface area contributed by atoms with Crippen molar-refractivity contribution >= 4 is 5.91 Å². The van der Waals surface area contributed by atoms with E-state index < -0.39 is 0 Å². The maximum absolute atomic E-state index is 13.0. The van der Waals surface area contributed by atoms with Crippen molar-refractivity contribution in [2.45, 2.75) is 33.7 Å². The zero-order chi connectivity index (χ0) is 20.1. The second-order valence-corrected chi connectivity index (χ2v) is 6.81. The lowest BCUT2D eigenvalue weighted by atomic mass is 9.95. The maximum atomic E-state index is 13.0. The third kappa shape index (κ3) is 4.16. The molecule has 0 fully saturated rings. The van der Waals surface area contributed by atoms with Gasteiger partial charge in [-0.25, -0.2) is 0 Å². The molecule has 2 aromatic carbocycles. The number of nitrogens with one attached hydrogen (secondary N) is 1. The summed E-state index contributed by atoms with van der Waals surface area (Å²) in [5, 5.41) is 3.13. The summed E-state index contributed by atoms with van der Waals surface area (Å²) in [5.74, 6) is 2.43. The van der Waals surface area contributed by atoms with Gasteiger partial charge in [-0.2, -0.15) is 0 Å². The average Bonchev–Trinajstić information content (AvgIpc) is 3.16. The van der Waals surface area contributed by atoms with Crippen LogP contribution in [0.2, 0.25) is 0 Å². The Morgan fingerprint density at radius 3 is 2.54 bits per heavy atom. The Bertz CT molecular complexity index is 834. The number of carbonyl (C=O) groups excluding carboxylic acids is 1. The molecule has 150 valence electrons. The van der Waals surface area contributed by atoms with Gasteiger partial charge >= 0.3 is 0 Å². The molecular weight excluding hydrogens is 358 g/mol. The lowest BCUT2D eigenvalue weighted by Gasteiger charge is -2.24. The fourth-order valence-electron chi connectivity index (χ4n) is 3.22. The molecule has 6 heteroatoms. The van der Waals surface area contributed by atoms with Gasteiger partial charge in [0.25, 0.3) is 5.91 Å². The SMILES string of the molecule is CCOc1ccc(C(NC(=O)c2cccc3c2OCO3)C(C)C)cc1OCC. The Kier molecular flexibility index (Phi) is 6.29. The van der Waals surface area contributed by atoms with Gasteiger partial charge < -0.3 is 24.3 Å². The molecule has 3 rings (SSSR count). The van der Waals surface area contributed by atoms with Gasteiger partial charge in [-0.15, -0.1) is 0 Å². The number of ether oxygens (including phenoxy) is 4. The highest BCUT2D eigenvalue weighted by molar-refractivity contribution is 5.98. The van der Waals surface area contributed by atoms with E-state index in [4.69, 9.17) is 18.9 Å². The van der Waals surface area contributed by atoms with E-state index in [1.165, 1.54) is 0 Å². The van der Waals surface area contributed by atoms with Crippen LogP contribution in [0.5, 0.6) is 23.0 Å². The number of carbonyl (C=O) groups is 1. The van der Waals surface area contributed by atoms with Crippen LogP contribution in [0, 0.1) is 5.92 Å². The van der Waals surface area contributed by atoms with E-state index in [-0.39, 0.29) is 24.7 Å². The monoisotopic (exact) mass is 385 g/mol. The molecule has 1 N–H and O–H groups in total. The number of fused-ring (bicyclic) bond motifs is 1. The minimum atomic E-state index is -0.201. The molecule has 28 heavy (non-hydrogen) atoms. The summed E-state index contributed by atoms with van der Waals surface area (Å²) >= 11 is 0. The third-order valence-corrected chi connectivity index (χ3v) is 4.52. The summed E-state index contributed by atoms with van der Waals surface area (Å²) in [6.45, 7) is 9.23. The molecule has 0 aromatic heterocycles. The first-order chi connectivity index (χ1) is 13.5. The molecule has 1 atom stereocenters. The van der Waals surface area contributed by atoms with Crippen LogP contribution in [-0.2, 0) is 0 Å². The van der Waals surface area contributed by atoms with Gasteiger partial charge in [0.1, 0.15) is 0 Å². The second kappa shape index (κ2) is 8.87. The predicted octanol–water partition coefficient (Wildman–Crippen LogP) is 4.34. The number of rotatable bonds is 8. The van der Waals surface area contributed by atoms with E-state index in [0.717, 1.165) is 5.56 Å². The van der Waals surface area contributed by atoms with Crippen molar-refractivity contribution in [3.8, 4) is 23.0 Å². The van der Waals surface area contributed by atoms with Crippen LogP contribution in [0.25, 0.3) is 0 Å². The minimum absolute atomic E-state index is 0.129. The second-order valence-electron chi connectivity index (χ2n) is 6.81. The molecule has 2 aromatic rings. The largest absolute Gasteiger partial charge is 0.490 e. The smallest absolute Gasteiger partial charge is 0.255 e. The number of para-hydroxylation sites is 1. The van der Waals surface area contributed by atoms with E-state index in [1.54, 1.807) is 18.2 Å². The molecule has 6 nitrogen and oxygen atoms in total. The summed E-state index contributed by atoms with van der Waals surface area (Å²) in [6, 6.07) is 10.9. The van der Waals surface area contributed by atoms with E-state index in [2.05, 4.69) is 19.2 Å². The Morgan fingerprint density at radius 2 is 1.82 bits per heavy atom. The highest BCUT2D eigenvalue weighted by Gasteiger charge is 2.26. The lowest BCUT2D eigenvalue weighted by molar-refractivity contribution is 0.0920. The highest BCUT2D eigenvalue weighted by Crippen LogP contribution is 2.36. The molecule has 1 aliphatic rings. The van der Waals surface area contributed by atoms with Gasteiger partial charge in [0, 0.05) is 0 Å². The van der Waals surface area contributed by atoms with Crippen LogP contribution in [0.15, 0.2) is 36.4 Å². The Balaban J connectivity index is 1.87. The van der Waals surface area contributed by atoms with Crippen molar-refractivity contribution in [2.24, 2.45) is 5.92 Å². The molecule has 1 heterocycles. The van der Waals surface area contributed by atoms with Crippen LogP contribution in [0.3, 0.4) is 0 Å². The molecule has 0 saturated heterocycles. The normalized spacial score (nSPS) is 13.3. The molecule has 1 aliphatic heterocycles. The van der Waals surface area contributed by atoms with Gasteiger partial charge in [0.2, 0.25) is 6.79 Å².